The third-order valence-corrected chi connectivity index (χ3v) is 4.45. The van der Waals surface area contributed by atoms with Crippen molar-refractivity contribution in [2.24, 2.45) is 0 Å². The minimum Gasteiger partial charge on any atom is -0.494 e. The van der Waals surface area contributed by atoms with E-state index in [0.717, 1.165) is 23.3 Å². The third-order valence-electron chi connectivity index (χ3n) is 4.22. The molecule has 2 aromatic carbocycles. The molecule has 1 atom stereocenters. The minimum absolute atomic E-state index is 0.0866. The van der Waals surface area contributed by atoms with E-state index in [1.807, 2.05) is 26.0 Å². The summed E-state index contributed by atoms with van der Waals surface area (Å²) in [5.41, 5.74) is 1.42. The topological polar surface area (TPSA) is 90.7 Å². The van der Waals surface area contributed by atoms with Gasteiger partial charge in [0.05, 0.1) is 11.5 Å². The van der Waals surface area contributed by atoms with Gasteiger partial charge in [-0.05, 0) is 38.1 Å². The van der Waals surface area contributed by atoms with Crippen molar-refractivity contribution < 1.29 is 19.2 Å². The van der Waals surface area contributed by atoms with Crippen molar-refractivity contribution in [2.45, 2.75) is 32.9 Å². The van der Waals surface area contributed by atoms with Crippen LogP contribution in [0.1, 0.15) is 35.3 Å². The molecular formula is C19H19ClN2O5. The molecule has 1 amide bonds. The average molecular weight is 391 g/mol. The van der Waals surface area contributed by atoms with E-state index in [1.54, 1.807) is 0 Å². The zero-order valence-corrected chi connectivity index (χ0v) is 15.7. The summed E-state index contributed by atoms with van der Waals surface area (Å²) in [4.78, 5) is 23.1. The van der Waals surface area contributed by atoms with Gasteiger partial charge in [-0.1, -0.05) is 11.6 Å². The van der Waals surface area contributed by atoms with Crippen LogP contribution in [0.5, 0.6) is 11.5 Å². The average Bonchev–Trinajstić information content (AvgIpc) is 2.98. The van der Waals surface area contributed by atoms with Crippen LogP contribution in [-0.2, 0) is 13.0 Å². The molecule has 0 fully saturated rings. The van der Waals surface area contributed by atoms with Crippen LogP contribution in [0.2, 0.25) is 5.02 Å². The molecule has 2 aromatic rings. The van der Waals surface area contributed by atoms with Gasteiger partial charge in [0, 0.05) is 35.2 Å². The molecule has 27 heavy (non-hydrogen) atoms. The number of nitrogens with zero attached hydrogens (tertiary/aromatic N) is 1. The number of nitrogens with one attached hydrogen (secondary N) is 1. The van der Waals surface area contributed by atoms with E-state index in [4.69, 9.17) is 21.1 Å². The molecule has 1 heterocycles. The molecule has 0 radical (unpaired) electrons. The molecule has 8 heteroatoms. The molecule has 1 aliphatic rings. The second-order valence-corrected chi connectivity index (χ2v) is 6.67. The quantitative estimate of drug-likeness (QED) is 0.596. The van der Waals surface area contributed by atoms with Crippen LogP contribution in [-0.4, -0.2) is 23.5 Å². The standard InChI is InChI=1S/C19H19ClN2O5/c1-3-26-17-7-12-6-11(2)27-18(12)8-13(17)10-21-19(23)15-9-14(20)4-5-16(15)22(24)25/h4-5,7-9,11H,3,6,10H2,1-2H3,(H,21,23)/t11-/m0/s1. The first-order chi connectivity index (χ1) is 12.9. The van der Waals surface area contributed by atoms with Gasteiger partial charge >= 0.3 is 0 Å². The Morgan fingerprint density at radius 2 is 2.19 bits per heavy atom. The summed E-state index contributed by atoms with van der Waals surface area (Å²) >= 11 is 5.89. The van der Waals surface area contributed by atoms with Gasteiger partial charge in [0.1, 0.15) is 23.2 Å². The van der Waals surface area contributed by atoms with Crippen molar-refractivity contribution in [2.75, 3.05) is 6.61 Å². The third kappa shape index (κ3) is 4.14. The van der Waals surface area contributed by atoms with Gasteiger partial charge in [0.25, 0.3) is 11.6 Å². The normalized spacial score (nSPS) is 15.0. The van der Waals surface area contributed by atoms with Gasteiger partial charge in [0.2, 0.25) is 0 Å². The molecule has 1 aliphatic heterocycles. The summed E-state index contributed by atoms with van der Waals surface area (Å²) in [7, 11) is 0. The predicted octanol–water partition coefficient (Wildman–Crippen LogP) is 3.90. The van der Waals surface area contributed by atoms with Crippen LogP contribution in [0.15, 0.2) is 30.3 Å². The van der Waals surface area contributed by atoms with E-state index in [0.29, 0.717) is 12.4 Å². The highest BCUT2D eigenvalue weighted by Gasteiger charge is 2.23. The van der Waals surface area contributed by atoms with Crippen LogP contribution in [0, 0.1) is 10.1 Å². The first kappa shape index (κ1) is 19.0. The number of hydrogen-bond donors (Lipinski definition) is 1. The van der Waals surface area contributed by atoms with Crippen molar-refractivity contribution in [1.82, 2.24) is 5.32 Å². The van der Waals surface area contributed by atoms with Gasteiger partial charge in [-0.2, -0.15) is 0 Å². The number of nitro benzene ring substituents is 1. The predicted molar refractivity (Wildman–Crippen MR) is 101 cm³/mol. The largest absolute Gasteiger partial charge is 0.494 e. The lowest BCUT2D eigenvalue weighted by atomic mass is 10.1. The summed E-state index contributed by atoms with van der Waals surface area (Å²) in [6.45, 7) is 4.49. The number of rotatable bonds is 6. The molecule has 7 nitrogen and oxygen atoms in total. The maximum Gasteiger partial charge on any atom is 0.282 e. The minimum atomic E-state index is -0.610. The molecule has 3 rings (SSSR count). The van der Waals surface area contributed by atoms with E-state index in [1.165, 1.54) is 18.2 Å². The van der Waals surface area contributed by atoms with Crippen LogP contribution < -0.4 is 14.8 Å². The summed E-state index contributed by atoms with van der Waals surface area (Å²) in [6.07, 6.45) is 0.893. The number of halogens is 1. The first-order valence-electron chi connectivity index (χ1n) is 8.56. The highest BCUT2D eigenvalue weighted by atomic mass is 35.5. The Balaban J connectivity index is 1.83. The van der Waals surface area contributed by atoms with Crippen molar-refractivity contribution in [1.29, 1.82) is 0 Å². The monoisotopic (exact) mass is 390 g/mol. The summed E-state index contributed by atoms with van der Waals surface area (Å²) < 4.78 is 11.4. The summed E-state index contributed by atoms with van der Waals surface area (Å²) in [6, 6.07) is 7.64. The maximum absolute atomic E-state index is 12.5. The number of benzene rings is 2. The van der Waals surface area contributed by atoms with Crippen LogP contribution in [0.25, 0.3) is 0 Å². The fraction of sp³-hybridized carbons (Fsp3) is 0.316. The number of amides is 1. The van der Waals surface area contributed by atoms with Gasteiger partial charge < -0.3 is 14.8 Å². The molecule has 142 valence electrons. The fourth-order valence-corrected chi connectivity index (χ4v) is 3.20. The second kappa shape index (κ2) is 7.84. The Bertz CT molecular complexity index is 900. The van der Waals surface area contributed by atoms with Crippen molar-refractivity contribution in [3.63, 3.8) is 0 Å². The maximum atomic E-state index is 12.5. The Labute approximate surface area is 161 Å². The fourth-order valence-electron chi connectivity index (χ4n) is 3.03. The Hall–Kier alpha value is -2.80. The van der Waals surface area contributed by atoms with Gasteiger partial charge in [-0.25, -0.2) is 0 Å². The van der Waals surface area contributed by atoms with Crippen LogP contribution >= 0.6 is 11.6 Å². The molecule has 0 saturated carbocycles. The number of carbonyl (C=O) groups excluding carboxylic acids is 1. The SMILES string of the molecule is CCOc1cc2c(cc1CNC(=O)c1cc(Cl)ccc1[N+](=O)[O-])O[C@@H](C)C2. The lowest BCUT2D eigenvalue weighted by Crippen LogP contribution is -2.24. The Kier molecular flexibility index (Phi) is 5.51. The smallest absolute Gasteiger partial charge is 0.282 e. The Morgan fingerprint density at radius 1 is 1.41 bits per heavy atom. The summed E-state index contributed by atoms with van der Waals surface area (Å²) in [5.74, 6) is 0.847. The van der Waals surface area contributed by atoms with E-state index in [2.05, 4.69) is 5.32 Å². The molecule has 0 saturated heterocycles. The van der Waals surface area contributed by atoms with Gasteiger partial charge in [0.15, 0.2) is 0 Å². The lowest BCUT2D eigenvalue weighted by molar-refractivity contribution is -0.385. The number of nitro groups is 1. The highest BCUT2D eigenvalue weighted by Crippen LogP contribution is 2.35. The molecule has 0 spiro atoms. The van der Waals surface area contributed by atoms with Crippen molar-refractivity contribution in [3.05, 3.63) is 62.2 Å². The zero-order valence-electron chi connectivity index (χ0n) is 15.0. The number of hydrogen-bond acceptors (Lipinski definition) is 5. The second-order valence-electron chi connectivity index (χ2n) is 6.23. The summed E-state index contributed by atoms with van der Waals surface area (Å²) in [5, 5.41) is 14.1. The van der Waals surface area contributed by atoms with Gasteiger partial charge in [-0.15, -0.1) is 0 Å². The number of fused-ring (bicyclic) bond motifs is 1. The molecular weight excluding hydrogens is 372 g/mol. The van der Waals surface area contributed by atoms with E-state index >= 15 is 0 Å². The van der Waals surface area contributed by atoms with Crippen LogP contribution in [0.3, 0.4) is 0 Å². The number of carbonyl (C=O) groups is 1. The Morgan fingerprint density at radius 3 is 2.89 bits per heavy atom. The molecule has 0 aliphatic carbocycles. The van der Waals surface area contributed by atoms with E-state index in [-0.39, 0.29) is 28.9 Å². The lowest BCUT2D eigenvalue weighted by Gasteiger charge is -2.13. The van der Waals surface area contributed by atoms with Crippen LogP contribution in [0.4, 0.5) is 5.69 Å². The molecule has 1 N–H and O–H groups in total. The van der Waals surface area contributed by atoms with Gasteiger partial charge in [-0.3, -0.25) is 14.9 Å². The van der Waals surface area contributed by atoms with E-state index < -0.39 is 10.8 Å². The highest BCUT2D eigenvalue weighted by molar-refractivity contribution is 6.31. The van der Waals surface area contributed by atoms with Crippen molar-refractivity contribution in [3.8, 4) is 11.5 Å². The molecule has 0 unspecified atom stereocenters. The number of ether oxygens (including phenoxy) is 2. The first-order valence-corrected chi connectivity index (χ1v) is 8.94. The molecule has 0 aromatic heterocycles. The van der Waals surface area contributed by atoms with Crippen molar-refractivity contribution >= 4 is 23.2 Å². The molecule has 0 bridgehead atoms. The van der Waals surface area contributed by atoms with E-state index in [9.17, 15) is 14.9 Å². The zero-order chi connectivity index (χ0) is 19.6.